The first-order chi connectivity index (χ1) is 11.7. The number of unbranched alkanes of at least 4 members (excludes halogenated alkanes) is 4. The van der Waals surface area contributed by atoms with Crippen molar-refractivity contribution in [3.8, 4) is 5.75 Å². The van der Waals surface area contributed by atoms with Crippen LogP contribution in [0.1, 0.15) is 95.2 Å². The molecular weight excluding hydrogens is 316 g/mol. The number of carbonyl (C=O) groups is 2. The maximum Gasteiger partial charge on any atom is 0.308 e. The molecule has 0 saturated heterocycles. The molecule has 1 aromatic carbocycles. The van der Waals surface area contributed by atoms with E-state index in [1.54, 1.807) is 18.2 Å². The maximum atomic E-state index is 12.4. The number of rotatable bonds is 9. The number of ether oxygens (including phenoxy) is 1. The first-order valence-electron chi connectivity index (χ1n) is 9.20. The first-order valence-corrected chi connectivity index (χ1v) is 9.20. The highest BCUT2D eigenvalue weighted by Crippen LogP contribution is 2.38. The van der Waals surface area contributed by atoms with E-state index in [1.807, 2.05) is 20.8 Å². The Hall–Kier alpha value is -1.68. The van der Waals surface area contributed by atoms with Crippen LogP contribution in [0.15, 0.2) is 18.2 Å². The van der Waals surface area contributed by atoms with Crippen molar-refractivity contribution in [3.05, 3.63) is 29.3 Å². The van der Waals surface area contributed by atoms with Crippen LogP contribution in [-0.2, 0) is 4.79 Å². The van der Waals surface area contributed by atoms with E-state index in [0.717, 1.165) is 19.3 Å². The van der Waals surface area contributed by atoms with E-state index in [4.69, 9.17) is 4.74 Å². The molecular formula is C21H32O4. The number of ketones is 1. The van der Waals surface area contributed by atoms with Gasteiger partial charge in [0, 0.05) is 24.5 Å². The second kappa shape index (κ2) is 9.71. The van der Waals surface area contributed by atoms with Gasteiger partial charge in [-0.05, 0) is 30.0 Å². The summed E-state index contributed by atoms with van der Waals surface area (Å²) in [5, 5.41) is 10.6. The Morgan fingerprint density at radius 1 is 1.12 bits per heavy atom. The summed E-state index contributed by atoms with van der Waals surface area (Å²) in [4.78, 5) is 23.8. The Labute approximate surface area is 151 Å². The zero-order chi connectivity index (χ0) is 19.0. The molecule has 1 atom stereocenters. The van der Waals surface area contributed by atoms with Gasteiger partial charge in [0.05, 0.1) is 6.10 Å². The van der Waals surface area contributed by atoms with E-state index >= 15 is 0 Å². The molecule has 0 aliphatic rings. The van der Waals surface area contributed by atoms with Gasteiger partial charge in [-0.3, -0.25) is 9.59 Å². The number of hydrogen-bond donors (Lipinski definition) is 1. The summed E-state index contributed by atoms with van der Waals surface area (Å²) in [5.41, 5.74) is 0.612. The van der Waals surface area contributed by atoms with Crippen LogP contribution in [0.4, 0.5) is 0 Å². The predicted octanol–water partition coefficient (Wildman–Crippen LogP) is 5.23. The van der Waals surface area contributed by atoms with Crippen LogP contribution in [0.2, 0.25) is 0 Å². The largest absolute Gasteiger partial charge is 0.426 e. The highest BCUT2D eigenvalue weighted by atomic mass is 16.5. The topological polar surface area (TPSA) is 63.6 Å². The smallest absolute Gasteiger partial charge is 0.308 e. The van der Waals surface area contributed by atoms with Crippen molar-refractivity contribution < 1.29 is 19.4 Å². The van der Waals surface area contributed by atoms with Crippen molar-refractivity contribution in [1.29, 1.82) is 0 Å². The van der Waals surface area contributed by atoms with Gasteiger partial charge >= 0.3 is 5.97 Å². The number of Topliss-reactive ketones (excluding diaryl/α,β-unsaturated/α-hetero) is 1. The number of aliphatic hydroxyl groups is 1. The van der Waals surface area contributed by atoms with Gasteiger partial charge in [-0.2, -0.15) is 0 Å². The molecule has 1 unspecified atom stereocenters. The van der Waals surface area contributed by atoms with Gasteiger partial charge in [-0.25, -0.2) is 0 Å². The monoisotopic (exact) mass is 348 g/mol. The Morgan fingerprint density at radius 3 is 2.32 bits per heavy atom. The van der Waals surface area contributed by atoms with Gasteiger partial charge in [-0.1, -0.05) is 53.4 Å². The number of esters is 1. The van der Waals surface area contributed by atoms with E-state index < -0.39 is 17.5 Å². The van der Waals surface area contributed by atoms with Gasteiger partial charge in [-0.15, -0.1) is 0 Å². The highest BCUT2D eigenvalue weighted by Gasteiger charge is 2.28. The lowest BCUT2D eigenvalue weighted by Gasteiger charge is -2.27. The second-order valence-corrected chi connectivity index (χ2v) is 7.70. The molecule has 1 N–H and O–H groups in total. The SMILES string of the molecule is CCCCCCCC(=O)c1ccc(OC(C)=O)c(C(O)C(C)(C)C)c1. The fourth-order valence-electron chi connectivity index (χ4n) is 2.68. The molecule has 0 bridgehead atoms. The van der Waals surface area contributed by atoms with Crippen molar-refractivity contribution in [2.45, 2.75) is 79.2 Å². The van der Waals surface area contributed by atoms with Crippen LogP contribution in [0.5, 0.6) is 5.75 Å². The van der Waals surface area contributed by atoms with Gasteiger partial charge in [0.2, 0.25) is 0 Å². The van der Waals surface area contributed by atoms with Crippen LogP contribution in [0.3, 0.4) is 0 Å². The van der Waals surface area contributed by atoms with Crippen LogP contribution < -0.4 is 4.74 Å². The van der Waals surface area contributed by atoms with Crippen LogP contribution in [-0.4, -0.2) is 16.9 Å². The molecule has 0 amide bonds. The third kappa shape index (κ3) is 6.99. The molecule has 0 aliphatic carbocycles. The summed E-state index contributed by atoms with van der Waals surface area (Å²) in [5.74, 6) is -0.0694. The van der Waals surface area contributed by atoms with E-state index in [1.165, 1.54) is 19.8 Å². The molecule has 0 fully saturated rings. The van der Waals surface area contributed by atoms with Gasteiger partial charge in [0.15, 0.2) is 5.78 Å². The maximum absolute atomic E-state index is 12.4. The third-order valence-corrected chi connectivity index (χ3v) is 4.21. The molecule has 1 aromatic rings. The summed E-state index contributed by atoms with van der Waals surface area (Å²) >= 11 is 0. The molecule has 0 saturated carbocycles. The summed E-state index contributed by atoms with van der Waals surface area (Å²) in [6, 6.07) is 4.95. The Balaban J connectivity index is 2.95. The van der Waals surface area contributed by atoms with Crippen LogP contribution >= 0.6 is 0 Å². The number of benzene rings is 1. The van der Waals surface area contributed by atoms with Gasteiger partial charge < -0.3 is 9.84 Å². The molecule has 4 nitrogen and oxygen atoms in total. The first kappa shape index (κ1) is 21.4. The Morgan fingerprint density at radius 2 is 1.76 bits per heavy atom. The zero-order valence-corrected chi connectivity index (χ0v) is 16.2. The van der Waals surface area contributed by atoms with Crippen molar-refractivity contribution in [2.75, 3.05) is 0 Å². The zero-order valence-electron chi connectivity index (χ0n) is 16.2. The van der Waals surface area contributed by atoms with Crippen molar-refractivity contribution in [3.63, 3.8) is 0 Å². The van der Waals surface area contributed by atoms with E-state index in [-0.39, 0.29) is 5.78 Å². The minimum Gasteiger partial charge on any atom is -0.426 e. The van der Waals surface area contributed by atoms with Crippen LogP contribution in [0.25, 0.3) is 0 Å². The molecule has 0 heterocycles. The summed E-state index contributed by atoms with van der Waals surface area (Å²) in [7, 11) is 0. The molecule has 1 rings (SSSR count). The Bertz CT molecular complexity index is 584. The van der Waals surface area contributed by atoms with E-state index in [0.29, 0.717) is 23.3 Å². The minimum absolute atomic E-state index is 0.0632. The molecule has 0 spiro atoms. The lowest BCUT2D eigenvalue weighted by atomic mass is 9.83. The molecule has 0 aromatic heterocycles. The highest BCUT2D eigenvalue weighted by molar-refractivity contribution is 5.96. The number of aliphatic hydroxyl groups excluding tert-OH is 1. The summed E-state index contributed by atoms with van der Waals surface area (Å²) in [6.07, 6.45) is 5.14. The standard InChI is InChI=1S/C21H32O4/c1-6-7-8-9-10-11-18(23)16-12-13-19(25-15(2)22)17(14-16)20(24)21(3,4)5/h12-14,20,24H,6-11H2,1-5H3. The molecule has 0 aliphatic heterocycles. The van der Waals surface area contributed by atoms with Crippen molar-refractivity contribution in [2.24, 2.45) is 5.41 Å². The molecule has 140 valence electrons. The molecule has 0 radical (unpaired) electrons. The second-order valence-electron chi connectivity index (χ2n) is 7.70. The summed E-state index contributed by atoms with van der Waals surface area (Å²) in [6.45, 7) is 9.19. The predicted molar refractivity (Wildman–Crippen MR) is 99.9 cm³/mol. The van der Waals surface area contributed by atoms with Crippen molar-refractivity contribution >= 4 is 11.8 Å². The normalized spacial score (nSPS) is 12.7. The fraction of sp³-hybridized carbons (Fsp3) is 0.619. The lowest BCUT2D eigenvalue weighted by molar-refractivity contribution is -0.132. The Kier molecular flexibility index (Phi) is 8.30. The van der Waals surface area contributed by atoms with Gasteiger partial charge in [0.25, 0.3) is 0 Å². The van der Waals surface area contributed by atoms with Gasteiger partial charge in [0.1, 0.15) is 5.75 Å². The summed E-state index contributed by atoms with van der Waals surface area (Å²) < 4.78 is 5.21. The minimum atomic E-state index is -0.834. The average molecular weight is 348 g/mol. The van der Waals surface area contributed by atoms with Crippen molar-refractivity contribution in [1.82, 2.24) is 0 Å². The van der Waals surface area contributed by atoms with Crippen LogP contribution in [0, 0.1) is 5.41 Å². The molecule has 25 heavy (non-hydrogen) atoms. The third-order valence-electron chi connectivity index (χ3n) is 4.21. The number of carbonyl (C=O) groups excluding carboxylic acids is 2. The fourth-order valence-corrected chi connectivity index (χ4v) is 2.68. The quantitative estimate of drug-likeness (QED) is 0.287. The number of hydrogen-bond acceptors (Lipinski definition) is 4. The van der Waals surface area contributed by atoms with E-state index in [2.05, 4.69) is 6.92 Å². The average Bonchev–Trinajstić information content (AvgIpc) is 2.52. The van der Waals surface area contributed by atoms with E-state index in [9.17, 15) is 14.7 Å². The lowest BCUT2D eigenvalue weighted by Crippen LogP contribution is -2.20. The molecule has 4 heteroatoms.